The van der Waals surface area contributed by atoms with Crippen molar-refractivity contribution in [1.29, 1.82) is 0 Å². The van der Waals surface area contributed by atoms with Gasteiger partial charge in [-0.1, -0.05) is 24.9 Å². The number of carbonyl (C=O) groups excluding carboxylic acids is 3. The number of piperidine rings is 1. The standard InChI is InChI=1S/C22H24ClF2N5O5/c1-2-3-6-30(12-4-7-29(8-5-12)21(33)22(34)35)20(32)17-11-18(28-27-17)26-19(31)13-9-15(24)16(25)10-14(13)23/h9-12H,2-8H2,1H3,(H,34,35)(H2,26,27,28,31). The molecule has 0 radical (unpaired) electrons. The van der Waals surface area contributed by atoms with Crippen molar-refractivity contribution in [1.82, 2.24) is 20.0 Å². The molecule has 0 bridgehead atoms. The Morgan fingerprint density at radius 2 is 1.86 bits per heavy atom. The predicted octanol–water partition coefficient (Wildman–Crippen LogP) is 2.91. The molecule has 10 nitrogen and oxygen atoms in total. The minimum atomic E-state index is -1.51. The summed E-state index contributed by atoms with van der Waals surface area (Å²) in [5.41, 5.74) is -0.203. The third-order valence-electron chi connectivity index (χ3n) is 5.69. The Kier molecular flexibility index (Phi) is 8.39. The maximum atomic E-state index is 13.5. The number of benzene rings is 1. The van der Waals surface area contributed by atoms with Crippen LogP contribution in [0, 0.1) is 11.6 Å². The van der Waals surface area contributed by atoms with Gasteiger partial charge >= 0.3 is 11.9 Å². The minimum absolute atomic E-state index is 0.0172. The molecule has 1 fully saturated rings. The van der Waals surface area contributed by atoms with Crippen LogP contribution in [0.3, 0.4) is 0 Å². The molecule has 0 unspecified atom stereocenters. The number of aliphatic carboxylic acids is 1. The summed E-state index contributed by atoms with van der Waals surface area (Å²) >= 11 is 5.83. The van der Waals surface area contributed by atoms with Crippen molar-refractivity contribution in [2.75, 3.05) is 25.0 Å². The van der Waals surface area contributed by atoms with Crippen LogP contribution >= 0.6 is 11.6 Å². The first-order valence-corrected chi connectivity index (χ1v) is 11.3. The number of hydrogen-bond donors (Lipinski definition) is 3. The van der Waals surface area contributed by atoms with Crippen LogP contribution in [0.5, 0.6) is 0 Å². The number of unbranched alkanes of at least 4 members (excludes halogenated alkanes) is 1. The van der Waals surface area contributed by atoms with E-state index in [2.05, 4.69) is 15.5 Å². The van der Waals surface area contributed by atoms with Crippen LogP contribution in [0.25, 0.3) is 0 Å². The Labute approximate surface area is 204 Å². The van der Waals surface area contributed by atoms with Crippen molar-refractivity contribution in [3.05, 3.63) is 46.1 Å². The second-order valence-corrected chi connectivity index (χ2v) is 8.45. The number of likely N-dealkylation sites (tertiary alicyclic amines) is 1. The summed E-state index contributed by atoms with van der Waals surface area (Å²) in [5.74, 6) is -6.14. The van der Waals surface area contributed by atoms with Gasteiger partial charge < -0.3 is 20.2 Å². The number of aromatic amines is 1. The predicted molar refractivity (Wildman–Crippen MR) is 121 cm³/mol. The fraction of sp³-hybridized carbons (Fsp3) is 0.409. The highest BCUT2D eigenvalue weighted by Gasteiger charge is 2.32. The Balaban J connectivity index is 1.70. The topological polar surface area (TPSA) is 136 Å². The SMILES string of the molecule is CCCCN(C(=O)c1cc(NC(=O)c2cc(F)c(F)cc2Cl)n[nH]1)C1CCN(C(=O)C(=O)O)CC1. The molecule has 1 aliphatic heterocycles. The summed E-state index contributed by atoms with van der Waals surface area (Å²) in [6.07, 6.45) is 2.40. The highest BCUT2D eigenvalue weighted by atomic mass is 35.5. The van der Waals surface area contributed by atoms with E-state index in [0.717, 1.165) is 12.8 Å². The fourth-order valence-corrected chi connectivity index (χ4v) is 4.06. The normalized spacial score (nSPS) is 14.0. The van der Waals surface area contributed by atoms with Crippen LogP contribution < -0.4 is 5.32 Å². The molecule has 0 saturated carbocycles. The van der Waals surface area contributed by atoms with Crippen molar-refractivity contribution in [3.8, 4) is 0 Å². The molecule has 13 heteroatoms. The van der Waals surface area contributed by atoms with Crippen molar-refractivity contribution in [3.63, 3.8) is 0 Å². The summed E-state index contributed by atoms with van der Waals surface area (Å²) in [5, 5.41) is 17.5. The third kappa shape index (κ3) is 6.13. The summed E-state index contributed by atoms with van der Waals surface area (Å²) in [6, 6.07) is 2.45. The van der Waals surface area contributed by atoms with Gasteiger partial charge in [0.1, 0.15) is 5.69 Å². The average Bonchev–Trinajstić information content (AvgIpc) is 3.29. The van der Waals surface area contributed by atoms with E-state index in [9.17, 15) is 28.0 Å². The average molecular weight is 512 g/mol. The second kappa shape index (κ2) is 11.3. The van der Waals surface area contributed by atoms with Crippen LogP contribution in [-0.4, -0.2) is 74.5 Å². The summed E-state index contributed by atoms with van der Waals surface area (Å²) in [4.78, 5) is 51.2. The molecule has 0 atom stereocenters. The molecular weight excluding hydrogens is 488 g/mol. The smallest absolute Gasteiger partial charge is 0.394 e. The Hall–Kier alpha value is -3.54. The molecule has 1 aliphatic rings. The number of nitrogens with one attached hydrogen (secondary N) is 2. The maximum absolute atomic E-state index is 13.5. The monoisotopic (exact) mass is 511 g/mol. The highest BCUT2D eigenvalue weighted by molar-refractivity contribution is 6.34. The largest absolute Gasteiger partial charge is 0.474 e. The number of rotatable bonds is 7. The van der Waals surface area contributed by atoms with Crippen molar-refractivity contribution in [2.45, 2.75) is 38.6 Å². The molecule has 3 N–H and O–H groups in total. The summed E-state index contributed by atoms with van der Waals surface area (Å²) in [6.45, 7) is 2.85. The molecule has 35 heavy (non-hydrogen) atoms. The van der Waals surface area contributed by atoms with Gasteiger partial charge in [-0.3, -0.25) is 19.5 Å². The van der Waals surface area contributed by atoms with Crippen LogP contribution in [0.2, 0.25) is 5.02 Å². The van der Waals surface area contributed by atoms with E-state index in [-0.39, 0.29) is 47.1 Å². The van der Waals surface area contributed by atoms with Crippen molar-refractivity contribution >= 4 is 41.1 Å². The van der Waals surface area contributed by atoms with Gasteiger partial charge in [0.25, 0.3) is 11.8 Å². The first-order valence-electron chi connectivity index (χ1n) is 11.0. The molecule has 0 aliphatic carbocycles. The lowest BCUT2D eigenvalue weighted by atomic mass is 10.0. The van der Waals surface area contributed by atoms with E-state index >= 15 is 0 Å². The number of nitrogens with zero attached hydrogens (tertiary/aromatic N) is 3. The number of anilines is 1. The van der Waals surface area contributed by atoms with E-state index in [1.807, 2.05) is 6.92 Å². The number of carboxylic acid groups (broad SMARTS) is 1. The maximum Gasteiger partial charge on any atom is 0.394 e. The number of aromatic nitrogens is 2. The van der Waals surface area contributed by atoms with Gasteiger partial charge in [0.2, 0.25) is 0 Å². The fourth-order valence-electron chi connectivity index (χ4n) is 3.82. The third-order valence-corrected chi connectivity index (χ3v) is 6.01. The van der Waals surface area contributed by atoms with E-state index in [1.165, 1.54) is 11.0 Å². The number of halogens is 3. The quantitative estimate of drug-likeness (QED) is 0.386. The molecule has 3 rings (SSSR count). The van der Waals surface area contributed by atoms with Gasteiger partial charge in [0.15, 0.2) is 17.5 Å². The van der Waals surface area contributed by atoms with Crippen LogP contribution in [0.15, 0.2) is 18.2 Å². The number of H-pyrrole nitrogens is 1. The lowest BCUT2D eigenvalue weighted by Gasteiger charge is -2.38. The minimum Gasteiger partial charge on any atom is -0.474 e. The van der Waals surface area contributed by atoms with Gasteiger partial charge in [-0.15, -0.1) is 0 Å². The van der Waals surface area contributed by atoms with Gasteiger partial charge in [-0.2, -0.15) is 5.10 Å². The zero-order valence-electron chi connectivity index (χ0n) is 18.8. The number of carbonyl (C=O) groups is 4. The lowest BCUT2D eigenvalue weighted by molar-refractivity contribution is -0.156. The second-order valence-electron chi connectivity index (χ2n) is 8.05. The van der Waals surface area contributed by atoms with E-state index in [0.29, 0.717) is 31.5 Å². The van der Waals surface area contributed by atoms with E-state index in [1.54, 1.807) is 4.90 Å². The molecule has 1 saturated heterocycles. The van der Waals surface area contributed by atoms with Crippen molar-refractivity contribution < 1.29 is 33.1 Å². The van der Waals surface area contributed by atoms with Gasteiger partial charge in [-0.25, -0.2) is 13.6 Å². The highest BCUT2D eigenvalue weighted by Crippen LogP contribution is 2.23. The van der Waals surface area contributed by atoms with E-state index in [4.69, 9.17) is 16.7 Å². The summed E-state index contributed by atoms with van der Waals surface area (Å²) < 4.78 is 26.8. The Bertz CT molecular complexity index is 1130. The van der Waals surface area contributed by atoms with Crippen LogP contribution in [0.1, 0.15) is 53.5 Å². The molecule has 2 aromatic rings. The van der Waals surface area contributed by atoms with E-state index < -0.39 is 29.4 Å². The zero-order valence-corrected chi connectivity index (χ0v) is 19.6. The first kappa shape index (κ1) is 26.1. The summed E-state index contributed by atoms with van der Waals surface area (Å²) in [7, 11) is 0. The van der Waals surface area contributed by atoms with Crippen LogP contribution in [0.4, 0.5) is 14.6 Å². The molecule has 188 valence electrons. The molecule has 1 aromatic heterocycles. The molecule has 2 heterocycles. The molecule has 1 aromatic carbocycles. The first-order chi connectivity index (χ1) is 16.6. The lowest BCUT2D eigenvalue weighted by Crippen LogP contribution is -2.50. The zero-order chi connectivity index (χ0) is 25.7. The Morgan fingerprint density at radius 3 is 2.49 bits per heavy atom. The van der Waals surface area contributed by atoms with Crippen LogP contribution in [-0.2, 0) is 9.59 Å². The van der Waals surface area contributed by atoms with Gasteiger partial charge in [-0.05, 0) is 31.4 Å². The molecular formula is C22H24ClF2N5O5. The number of carboxylic acids is 1. The Morgan fingerprint density at radius 1 is 1.20 bits per heavy atom. The van der Waals surface area contributed by atoms with Crippen molar-refractivity contribution in [2.24, 2.45) is 0 Å². The molecule has 0 spiro atoms. The number of hydrogen-bond acceptors (Lipinski definition) is 5. The number of amides is 3. The van der Waals surface area contributed by atoms with Gasteiger partial charge in [0, 0.05) is 31.7 Å². The van der Waals surface area contributed by atoms with Gasteiger partial charge in [0.05, 0.1) is 10.6 Å². The molecule has 3 amide bonds.